The van der Waals surface area contributed by atoms with E-state index < -0.39 is 5.97 Å². The number of furan rings is 1. The number of benzene rings is 1. The van der Waals surface area contributed by atoms with Crippen molar-refractivity contribution < 1.29 is 19.1 Å². The van der Waals surface area contributed by atoms with Gasteiger partial charge in [-0.2, -0.15) is 0 Å². The first kappa shape index (κ1) is 11.2. The number of carboxylic acid groups (broad SMARTS) is 1. The van der Waals surface area contributed by atoms with Crippen LogP contribution in [-0.4, -0.2) is 16.9 Å². The molecule has 0 aliphatic carbocycles. The summed E-state index contributed by atoms with van der Waals surface area (Å²) in [6, 6.07) is 7.03. The molecule has 0 saturated heterocycles. The van der Waals surface area contributed by atoms with Crippen LogP contribution in [0.15, 0.2) is 28.7 Å². The predicted octanol–water partition coefficient (Wildman–Crippen LogP) is 2.06. The number of hydrogen-bond acceptors (Lipinski definition) is 4. The lowest BCUT2D eigenvalue weighted by Gasteiger charge is -1.95. The molecule has 3 N–H and O–H groups in total. The minimum atomic E-state index is -1.02. The zero-order valence-electron chi connectivity index (χ0n) is 8.97. The number of para-hydroxylation sites is 1. The summed E-state index contributed by atoms with van der Waals surface area (Å²) in [6.45, 7) is 0. The van der Waals surface area contributed by atoms with E-state index in [2.05, 4.69) is 0 Å². The highest BCUT2D eigenvalue weighted by molar-refractivity contribution is 6.06. The van der Waals surface area contributed by atoms with E-state index in [1.165, 1.54) is 0 Å². The number of anilines is 1. The fourth-order valence-electron chi connectivity index (χ4n) is 1.61. The van der Waals surface area contributed by atoms with Crippen LogP contribution in [0.5, 0.6) is 0 Å². The third-order valence-electron chi connectivity index (χ3n) is 2.45. The molecule has 0 spiro atoms. The van der Waals surface area contributed by atoms with Crippen LogP contribution in [0.2, 0.25) is 0 Å². The monoisotopic (exact) mass is 233 g/mol. The van der Waals surface area contributed by atoms with Gasteiger partial charge in [0.15, 0.2) is 5.76 Å². The molecule has 5 nitrogen and oxygen atoms in total. The Morgan fingerprint density at radius 3 is 2.59 bits per heavy atom. The zero-order valence-corrected chi connectivity index (χ0v) is 8.97. The van der Waals surface area contributed by atoms with Gasteiger partial charge in [-0.15, -0.1) is 0 Å². The van der Waals surface area contributed by atoms with Crippen molar-refractivity contribution >= 4 is 28.4 Å². The van der Waals surface area contributed by atoms with Crippen molar-refractivity contribution in [2.24, 2.45) is 0 Å². The molecule has 0 atom stereocenters. The Bertz CT molecular complexity index is 585. The summed E-state index contributed by atoms with van der Waals surface area (Å²) in [6.07, 6.45) is -0.339. The molecular weight excluding hydrogens is 222 g/mol. The molecule has 1 aromatic heterocycles. The van der Waals surface area contributed by atoms with Crippen LogP contribution in [-0.2, 0) is 4.79 Å². The van der Waals surface area contributed by atoms with E-state index in [9.17, 15) is 9.59 Å². The summed E-state index contributed by atoms with van der Waals surface area (Å²) in [5.74, 6) is -1.36. The van der Waals surface area contributed by atoms with Crippen molar-refractivity contribution in [1.29, 1.82) is 0 Å². The smallest absolute Gasteiger partial charge is 0.303 e. The number of carboxylic acids is 1. The topological polar surface area (TPSA) is 93.5 Å². The SMILES string of the molecule is Nc1c(C(=O)CCC(=O)O)oc2ccccc12. The van der Waals surface area contributed by atoms with Gasteiger partial charge in [0.25, 0.3) is 0 Å². The van der Waals surface area contributed by atoms with Crippen LogP contribution in [0.25, 0.3) is 11.0 Å². The quantitative estimate of drug-likeness (QED) is 0.788. The number of carbonyl (C=O) groups excluding carboxylic acids is 1. The summed E-state index contributed by atoms with van der Waals surface area (Å²) in [5.41, 5.74) is 6.59. The minimum Gasteiger partial charge on any atom is -0.481 e. The molecule has 0 unspecified atom stereocenters. The van der Waals surface area contributed by atoms with Crippen molar-refractivity contribution in [2.45, 2.75) is 12.8 Å². The summed E-state index contributed by atoms with van der Waals surface area (Å²) in [4.78, 5) is 22.1. The van der Waals surface area contributed by atoms with Gasteiger partial charge in [-0.3, -0.25) is 9.59 Å². The molecule has 0 aliphatic heterocycles. The molecule has 0 saturated carbocycles. The van der Waals surface area contributed by atoms with Crippen molar-refractivity contribution in [1.82, 2.24) is 0 Å². The van der Waals surface area contributed by atoms with Gasteiger partial charge in [0.2, 0.25) is 5.78 Å². The van der Waals surface area contributed by atoms with Crippen LogP contribution < -0.4 is 5.73 Å². The molecule has 0 bridgehead atoms. The number of nitrogens with two attached hydrogens (primary N) is 1. The van der Waals surface area contributed by atoms with Gasteiger partial charge in [0.1, 0.15) is 5.58 Å². The van der Waals surface area contributed by atoms with Crippen LogP contribution in [0.4, 0.5) is 5.69 Å². The molecule has 0 aliphatic rings. The van der Waals surface area contributed by atoms with E-state index in [0.29, 0.717) is 11.0 Å². The molecule has 0 radical (unpaired) electrons. The fraction of sp³-hybridized carbons (Fsp3) is 0.167. The molecule has 17 heavy (non-hydrogen) atoms. The largest absolute Gasteiger partial charge is 0.481 e. The van der Waals surface area contributed by atoms with Gasteiger partial charge in [-0.05, 0) is 12.1 Å². The second-order valence-electron chi connectivity index (χ2n) is 3.66. The van der Waals surface area contributed by atoms with Crippen molar-refractivity contribution in [2.75, 3.05) is 5.73 Å². The molecule has 1 heterocycles. The second kappa shape index (κ2) is 4.29. The molecule has 5 heteroatoms. The standard InChI is InChI=1S/C12H11NO4/c13-11-7-3-1-2-4-9(7)17-12(11)8(14)5-6-10(15)16/h1-4H,5-6,13H2,(H,15,16). The Kier molecular flexibility index (Phi) is 2.82. The average Bonchev–Trinajstić information content (AvgIpc) is 2.64. The van der Waals surface area contributed by atoms with Gasteiger partial charge >= 0.3 is 5.97 Å². The first-order valence-electron chi connectivity index (χ1n) is 5.11. The fourth-order valence-corrected chi connectivity index (χ4v) is 1.61. The molecule has 1 aromatic carbocycles. The number of Topliss-reactive ketones (excluding diaryl/α,β-unsaturated/α-hetero) is 1. The number of hydrogen-bond donors (Lipinski definition) is 2. The Morgan fingerprint density at radius 2 is 1.94 bits per heavy atom. The maximum absolute atomic E-state index is 11.7. The van der Waals surface area contributed by atoms with E-state index in [1.807, 2.05) is 0 Å². The lowest BCUT2D eigenvalue weighted by molar-refractivity contribution is -0.136. The summed E-state index contributed by atoms with van der Waals surface area (Å²) in [7, 11) is 0. The number of aliphatic carboxylic acids is 1. The van der Waals surface area contributed by atoms with Crippen LogP contribution in [0.3, 0.4) is 0 Å². The van der Waals surface area contributed by atoms with Gasteiger partial charge in [0.05, 0.1) is 12.1 Å². The lowest BCUT2D eigenvalue weighted by Crippen LogP contribution is -2.04. The maximum Gasteiger partial charge on any atom is 0.303 e. The summed E-state index contributed by atoms with van der Waals surface area (Å²) >= 11 is 0. The zero-order chi connectivity index (χ0) is 12.4. The first-order valence-corrected chi connectivity index (χ1v) is 5.11. The van der Waals surface area contributed by atoms with Crippen molar-refractivity contribution in [3.05, 3.63) is 30.0 Å². The van der Waals surface area contributed by atoms with Crippen LogP contribution in [0, 0.1) is 0 Å². The van der Waals surface area contributed by atoms with Crippen LogP contribution >= 0.6 is 0 Å². The van der Waals surface area contributed by atoms with Crippen LogP contribution in [0.1, 0.15) is 23.4 Å². The normalized spacial score (nSPS) is 10.6. The maximum atomic E-state index is 11.7. The first-order chi connectivity index (χ1) is 8.09. The highest BCUT2D eigenvalue weighted by atomic mass is 16.4. The Labute approximate surface area is 96.8 Å². The Morgan fingerprint density at radius 1 is 1.24 bits per heavy atom. The highest BCUT2D eigenvalue weighted by Gasteiger charge is 2.18. The van der Waals surface area contributed by atoms with Crippen molar-refractivity contribution in [3.63, 3.8) is 0 Å². The number of rotatable bonds is 4. The van der Waals surface area contributed by atoms with E-state index in [4.69, 9.17) is 15.3 Å². The molecule has 2 aromatic rings. The lowest BCUT2D eigenvalue weighted by atomic mass is 10.1. The molecule has 0 fully saturated rings. The van der Waals surface area contributed by atoms with Crippen molar-refractivity contribution in [3.8, 4) is 0 Å². The molecule has 0 amide bonds. The summed E-state index contributed by atoms with van der Waals surface area (Å²) < 4.78 is 5.33. The van der Waals surface area contributed by atoms with E-state index in [0.717, 1.165) is 0 Å². The van der Waals surface area contributed by atoms with Gasteiger partial charge < -0.3 is 15.3 Å². The van der Waals surface area contributed by atoms with Gasteiger partial charge in [-0.25, -0.2) is 0 Å². The minimum absolute atomic E-state index is 0.0486. The Balaban J connectivity index is 2.32. The predicted molar refractivity (Wildman–Crippen MR) is 61.8 cm³/mol. The van der Waals surface area contributed by atoms with E-state index in [-0.39, 0.29) is 30.1 Å². The number of fused-ring (bicyclic) bond motifs is 1. The third kappa shape index (κ3) is 2.13. The molecule has 88 valence electrons. The summed E-state index contributed by atoms with van der Waals surface area (Å²) in [5, 5.41) is 9.18. The Hall–Kier alpha value is -2.30. The second-order valence-corrected chi connectivity index (χ2v) is 3.66. The van der Waals surface area contributed by atoms with E-state index in [1.54, 1.807) is 24.3 Å². The van der Waals surface area contributed by atoms with E-state index >= 15 is 0 Å². The highest BCUT2D eigenvalue weighted by Crippen LogP contribution is 2.28. The number of ketones is 1. The average molecular weight is 233 g/mol. The van der Waals surface area contributed by atoms with Gasteiger partial charge in [0, 0.05) is 11.8 Å². The third-order valence-corrected chi connectivity index (χ3v) is 2.45. The number of nitrogen functional groups attached to an aromatic ring is 1. The molecule has 2 rings (SSSR count). The number of carbonyl (C=O) groups is 2. The van der Waals surface area contributed by atoms with Gasteiger partial charge in [-0.1, -0.05) is 12.1 Å². The molecular formula is C12H11NO4.